The number of nitriles is 1. The van der Waals surface area contributed by atoms with Crippen molar-refractivity contribution < 1.29 is 82.7 Å². The summed E-state index contributed by atoms with van der Waals surface area (Å²) in [6, 6.07) is 9.07. The number of benzene rings is 1. The molecule has 0 aromatic heterocycles. The summed E-state index contributed by atoms with van der Waals surface area (Å²) in [7, 11) is -3.53. The molecule has 4 bridgehead atoms. The van der Waals surface area contributed by atoms with E-state index in [1.807, 2.05) is 12.1 Å². The van der Waals surface area contributed by atoms with E-state index >= 15 is 0 Å². The van der Waals surface area contributed by atoms with E-state index in [0.29, 0.717) is 17.4 Å². The van der Waals surface area contributed by atoms with Gasteiger partial charge in [-0.25, -0.2) is 0 Å². The molecule has 0 amide bonds. The molecular weight excluding hydrogens is 423 g/mol. The van der Waals surface area contributed by atoms with Gasteiger partial charge in [-0.1, -0.05) is 18.2 Å². The minimum Gasteiger partial charge on any atom is -0.790 e. The smallest absolute Gasteiger partial charge is 0.790 e. The molecule has 1 aromatic carbocycles. The van der Waals surface area contributed by atoms with Crippen molar-refractivity contribution in [3.63, 3.8) is 0 Å². The Hall–Kier alpha value is 0.360. The Morgan fingerprint density at radius 3 is 2.27 bits per heavy atom. The zero-order valence-electron chi connectivity index (χ0n) is 17.9. The molecule has 4 fully saturated rings. The second kappa shape index (κ2) is 11.0. The van der Waals surface area contributed by atoms with Crippen LogP contribution in [0.4, 0.5) is 0 Å². The maximum atomic E-state index is 11.1. The molecule has 0 saturated heterocycles. The summed E-state index contributed by atoms with van der Waals surface area (Å²) in [5.74, 6) is 3.66. The van der Waals surface area contributed by atoms with Gasteiger partial charge in [0.05, 0.1) is 27.4 Å². The van der Waals surface area contributed by atoms with Crippen molar-refractivity contribution in [3.8, 4) is 6.07 Å². The summed E-state index contributed by atoms with van der Waals surface area (Å²) in [4.78, 5) is 22.2. The van der Waals surface area contributed by atoms with Crippen LogP contribution in [0.1, 0.15) is 55.8 Å². The number of rotatable bonds is 6. The number of nitrogens with zero attached hydrogens (tertiary/aromatic N) is 1. The van der Waals surface area contributed by atoms with Gasteiger partial charge in [0, 0.05) is 5.56 Å². The van der Waals surface area contributed by atoms with Gasteiger partial charge in [-0.2, -0.15) is 5.26 Å². The Morgan fingerprint density at radius 1 is 1.17 bits per heavy atom. The Balaban J connectivity index is 0.00000160. The van der Waals surface area contributed by atoms with Crippen LogP contribution in [-0.4, -0.2) is 7.11 Å². The van der Waals surface area contributed by atoms with Gasteiger partial charge < -0.3 is 23.6 Å². The topological polar surface area (TPSA) is 105 Å². The quantitative estimate of drug-likeness (QED) is 0.267. The van der Waals surface area contributed by atoms with Crippen LogP contribution in [0.2, 0.25) is 0 Å². The van der Waals surface area contributed by atoms with Gasteiger partial charge in [0.25, 0.3) is 0 Å². The van der Waals surface area contributed by atoms with Gasteiger partial charge in [-0.15, -0.1) is 0 Å². The second-order valence-corrected chi connectivity index (χ2v) is 9.43. The molecule has 0 N–H and O–H groups in total. The summed E-state index contributed by atoms with van der Waals surface area (Å²) in [6.45, 7) is 0. The minimum atomic E-state index is -5.20. The van der Waals surface area contributed by atoms with E-state index in [2.05, 4.69) is 4.52 Å². The molecule has 4 aliphatic carbocycles. The first-order valence-corrected chi connectivity index (χ1v) is 11.3. The third-order valence-electron chi connectivity index (χ3n) is 6.54. The Morgan fingerprint density at radius 2 is 1.77 bits per heavy atom. The summed E-state index contributed by atoms with van der Waals surface area (Å²) >= 11 is 0. The van der Waals surface area contributed by atoms with E-state index in [1.54, 1.807) is 25.3 Å². The van der Waals surface area contributed by atoms with Crippen LogP contribution in [0.25, 0.3) is 5.76 Å². The van der Waals surface area contributed by atoms with Gasteiger partial charge in [-0.3, -0.25) is 0 Å². The predicted molar refractivity (Wildman–Crippen MR) is 99.1 cm³/mol. The van der Waals surface area contributed by atoms with E-state index < -0.39 is 13.9 Å². The van der Waals surface area contributed by atoms with Gasteiger partial charge in [0.1, 0.15) is 11.9 Å². The molecule has 1 aromatic rings. The predicted octanol–water partition coefficient (Wildman–Crippen LogP) is -2.69. The average Bonchev–Trinajstić information content (AvgIpc) is 2.63. The molecule has 9 heteroatoms. The fourth-order valence-electron chi connectivity index (χ4n) is 5.80. The third kappa shape index (κ3) is 5.83. The molecule has 0 spiro atoms. The molecule has 0 radical (unpaired) electrons. The number of allylic oxidation sites excluding steroid dienone is 1. The van der Waals surface area contributed by atoms with Crippen LogP contribution < -0.4 is 68.9 Å². The first kappa shape index (κ1) is 26.6. The number of hydrogen-bond acceptors (Lipinski definition) is 6. The van der Waals surface area contributed by atoms with Crippen molar-refractivity contribution in [2.24, 2.45) is 23.7 Å². The number of ether oxygens (including phenoxy) is 1. The maximum absolute atomic E-state index is 11.1. The minimum absolute atomic E-state index is 0. The van der Waals surface area contributed by atoms with E-state index in [4.69, 9.17) is 10.00 Å². The Labute approximate surface area is 222 Å². The van der Waals surface area contributed by atoms with E-state index in [9.17, 15) is 14.4 Å². The Kier molecular flexibility index (Phi) is 9.75. The van der Waals surface area contributed by atoms with Crippen LogP contribution >= 0.6 is 7.82 Å². The molecule has 1 unspecified atom stereocenters. The summed E-state index contributed by atoms with van der Waals surface area (Å²) in [5.41, 5.74) is 2.73. The van der Waals surface area contributed by atoms with Crippen molar-refractivity contribution >= 4 is 13.6 Å². The third-order valence-corrected chi connectivity index (χ3v) is 7.05. The number of hydrogen-bond donors (Lipinski definition) is 0. The largest absolute Gasteiger partial charge is 1.00 e. The molecule has 4 aliphatic rings. The standard InChI is InChI=1S/C21H26NO5P.2Na/c1-26-21(20-17-8-13-7-14(10-17)11-18(20)9-13)16-4-2-3-15(12-16)19(5-6-22)27-28(23,24)25;;/h2-4,12-14,17-19H,5,7-11H2,1H3,(H2,23,24,25);;/q;2*+1/p-2. The zero-order valence-corrected chi connectivity index (χ0v) is 22.8. The molecular formula is C21H24NNa2O5P. The van der Waals surface area contributed by atoms with Gasteiger partial charge in [-0.05, 0) is 73.0 Å². The number of phosphoric ester groups is 1. The van der Waals surface area contributed by atoms with Crippen LogP contribution in [0.5, 0.6) is 0 Å². The van der Waals surface area contributed by atoms with Crippen molar-refractivity contribution in [3.05, 3.63) is 41.0 Å². The van der Waals surface area contributed by atoms with Gasteiger partial charge in [0.15, 0.2) is 0 Å². The molecule has 30 heavy (non-hydrogen) atoms. The molecule has 4 saturated carbocycles. The molecule has 1 atom stereocenters. The Bertz CT molecular complexity index is 848. The van der Waals surface area contributed by atoms with Crippen LogP contribution in [-0.2, 0) is 13.8 Å². The van der Waals surface area contributed by atoms with Gasteiger partial charge >= 0.3 is 59.1 Å². The fourth-order valence-corrected chi connectivity index (χ4v) is 6.31. The van der Waals surface area contributed by atoms with Crippen LogP contribution in [0.3, 0.4) is 0 Å². The first-order chi connectivity index (χ1) is 13.4. The first-order valence-electron chi connectivity index (χ1n) is 9.83. The van der Waals surface area contributed by atoms with Crippen molar-refractivity contribution in [1.29, 1.82) is 5.26 Å². The SMILES string of the molecule is COC(=C1C2CC3CC(C2)CC1C3)c1cccc(C(CC#N)OP(=O)([O-])[O-])c1.[Na+].[Na+]. The van der Waals surface area contributed by atoms with Crippen molar-refractivity contribution in [1.82, 2.24) is 0 Å². The van der Waals surface area contributed by atoms with E-state index in [1.165, 1.54) is 37.7 Å². The average molecular weight is 447 g/mol. The van der Waals surface area contributed by atoms with Crippen LogP contribution in [0, 0.1) is 35.0 Å². The maximum Gasteiger partial charge on any atom is 1.00 e. The monoisotopic (exact) mass is 447 g/mol. The van der Waals surface area contributed by atoms with Crippen molar-refractivity contribution in [2.45, 2.75) is 44.6 Å². The molecule has 5 rings (SSSR count). The molecule has 0 aliphatic heterocycles. The molecule has 6 nitrogen and oxygen atoms in total. The summed E-state index contributed by atoms with van der Waals surface area (Å²) in [6.07, 6.45) is 4.96. The summed E-state index contributed by atoms with van der Waals surface area (Å²) < 4.78 is 21.6. The summed E-state index contributed by atoms with van der Waals surface area (Å²) in [5, 5.41) is 9.00. The number of phosphoric acid groups is 1. The van der Waals surface area contributed by atoms with E-state index in [-0.39, 0.29) is 65.5 Å². The van der Waals surface area contributed by atoms with Crippen LogP contribution in [0.15, 0.2) is 29.8 Å². The second-order valence-electron chi connectivity index (χ2n) is 8.32. The molecule has 0 heterocycles. The molecule has 150 valence electrons. The normalized spacial score (nSPS) is 27.5. The van der Waals surface area contributed by atoms with Crippen molar-refractivity contribution in [2.75, 3.05) is 7.11 Å². The zero-order chi connectivity index (χ0) is 19.9. The van der Waals surface area contributed by atoms with E-state index in [0.717, 1.165) is 23.2 Å². The fraction of sp³-hybridized carbons (Fsp3) is 0.571. The van der Waals surface area contributed by atoms with Gasteiger partial charge in [0.2, 0.25) is 0 Å². The number of methoxy groups -OCH3 is 1.